The second-order valence-electron chi connectivity index (χ2n) is 3.94. The van der Waals surface area contributed by atoms with Gasteiger partial charge in [-0.25, -0.2) is 0 Å². The van der Waals surface area contributed by atoms with Crippen LogP contribution in [0.1, 0.15) is 11.7 Å². The van der Waals surface area contributed by atoms with E-state index in [4.69, 9.17) is 9.05 Å². The fourth-order valence-electron chi connectivity index (χ4n) is 1.18. The van der Waals surface area contributed by atoms with Crippen molar-refractivity contribution in [1.29, 1.82) is 0 Å². The second-order valence-corrected chi connectivity index (χ2v) is 5.91. The number of hydrogen-bond acceptors (Lipinski definition) is 7. The third kappa shape index (κ3) is 3.16. The molecule has 1 N–H and O–H groups in total. The van der Waals surface area contributed by atoms with Crippen LogP contribution in [0.2, 0.25) is 0 Å². The molecule has 0 spiro atoms. The van der Waals surface area contributed by atoms with E-state index in [-0.39, 0.29) is 18.3 Å². The predicted molar refractivity (Wildman–Crippen MR) is 64.0 cm³/mol. The molecule has 0 aliphatic carbocycles. The van der Waals surface area contributed by atoms with Crippen LogP contribution in [0.15, 0.2) is 15.1 Å². The Balaban J connectivity index is 2.06. The summed E-state index contributed by atoms with van der Waals surface area (Å²) in [6, 6.07) is 1.65. The van der Waals surface area contributed by atoms with Crippen LogP contribution in [-0.4, -0.2) is 42.1 Å². The SMILES string of the molecule is Cc1cc(-c2noc(CNS(=O)(=O)N(C)C)n2)no1. The smallest absolute Gasteiger partial charge is 0.279 e. The number of nitrogens with one attached hydrogen (secondary N) is 1. The van der Waals surface area contributed by atoms with Gasteiger partial charge in [0.25, 0.3) is 10.2 Å². The lowest BCUT2D eigenvalue weighted by atomic mass is 10.4. The lowest BCUT2D eigenvalue weighted by Gasteiger charge is -2.10. The van der Waals surface area contributed by atoms with Crippen molar-refractivity contribution in [3.05, 3.63) is 17.7 Å². The fourth-order valence-corrected chi connectivity index (χ4v) is 1.75. The zero-order chi connectivity index (χ0) is 14.0. The number of nitrogens with zero attached hydrogens (tertiary/aromatic N) is 4. The molecule has 0 radical (unpaired) electrons. The van der Waals surface area contributed by atoms with Gasteiger partial charge in [-0.3, -0.25) is 0 Å². The Labute approximate surface area is 109 Å². The molecule has 10 heteroatoms. The van der Waals surface area contributed by atoms with E-state index in [2.05, 4.69) is 20.0 Å². The van der Waals surface area contributed by atoms with Gasteiger partial charge in [0.15, 0.2) is 5.69 Å². The summed E-state index contributed by atoms with van der Waals surface area (Å²) in [6.07, 6.45) is 0. The van der Waals surface area contributed by atoms with Gasteiger partial charge in [0.2, 0.25) is 11.7 Å². The molecule has 2 aromatic heterocycles. The van der Waals surface area contributed by atoms with Crippen molar-refractivity contribution >= 4 is 10.2 Å². The highest BCUT2D eigenvalue weighted by Crippen LogP contribution is 2.15. The van der Waals surface area contributed by atoms with Gasteiger partial charge in [-0.15, -0.1) is 0 Å². The Morgan fingerprint density at radius 1 is 1.32 bits per heavy atom. The Hall–Kier alpha value is -1.78. The first-order valence-corrected chi connectivity index (χ1v) is 6.76. The van der Waals surface area contributed by atoms with Crippen molar-refractivity contribution in [1.82, 2.24) is 24.3 Å². The van der Waals surface area contributed by atoms with Crippen molar-refractivity contribution in [2.24, 2.45) is 0 Å². The van der Waals surface area contributed by atoms with E-state index < -0.39 is 10.2 Å². The van der Waals surface area contributed by atoms with E-state index in [0.717, 1.165) is 4.31 Å². The van der Waals surface area contributed by atoms with Crippen LogP contribution in [0.25, 0.3) is 11.5 Å². The Bertz CT molecular complexity index is 660. The maximum atomic E-state index is 11.5. The highest BCUT2D eigenvalue weighted by Gasteiger charge is 2.16. The summed E-state index contributed by atoms with van der Waals surface area (Å²) in [7, 11) is -0.693. The third-order valence-electron chi connectivity index (χ3n) is 2.21. The lowest BCUT2D eigenvalue weighted by Crippen LogP contribution is -2.35. The van der Waals surface area contributed by atoms with Gasteiger partial charge < -0.3 is 9.05 Å². The summed E-state index contributed by atoms with van der Waals surface area (Å²) >= 11 is 0. The van der Waals surface area contributed by atoms with E-state index in [1.54, 1.807) is 13.0 Å². The summed E-state index contributed by atoms with van der Waals surface area (Å²) in [5.74, 6) is 1.01. The molecule has 0 saturated carbocycles. The molecule has 104 valence electrons. The molecule has 0 unspecified atom stereocenters. The minimum absolute atomic E-state index is 0.0929. The van der Waals surface area contributed by atoms with Gasteiger partial charge in [-0.2, -0.15) is 22.4 Å². The van der Waals surface area contributed by atoms with Crippen molar-refractivity contribution in [2.45, 2.75) is 13.5 Å². The molecule has 2 rings (SSSR count). The minimum Gasteiger partial charge on any atom is -0.361 e. The molecule has 2 aromatic rings. The first-order chi connectivity index (χ1) is 8.88. The molecule has 19 heavy (non-hydrogen) atoms. The van der Waals surface area contributed by atoms with Crippen molar-refractivity contribution < 1.29 is 17.5 Å². The first-order valence-electron chi connectivity index (χ1n) is 5.32. The predicted octanol–water partition coefficient (Wildman–Crippen LogP) is -0.0710. The Kier molecular flexibility index (Phi) is 3.64. The highest BCUT2D eigenvalue weighted by molar-refractivity contribution is 7.87. The fraction of sp³-hybridized carbons (Fsp3) is 0.444. The molecule has 0 saturated heterocycles. The number of rotatable bonds is 5. The van der Waals surface area contributed by atoms with Gasteiger partial charge in [0.05, 0.1) is 6.54 Å². The van der Waals surface area contributed by atoms with Crippen LogP contribution < -0.4 is 4.72 Å². The van der Waals surface area contributed by atoms with Crippen LogP contribution in [0, 0.1) is 6.92 Å². The molecule has 0 aliphatic heterocycles. The normalized spacial score (nSPS) is 12.2. The lowest BCUT2D eigenvalue weighted by molar-refractivity contribution is 0.372. The standard InChI is InChI=1S/C9H13N5O4S/c1-6-4-7(12-17-6)9-11-8(18-13-9)5-10-19(15,16)14(2)3/h4,10H,5H2,1-3H3. The summed E-state index contributed by atoms with van der Waals surface area (Å²) < 4.78 is 36.1. The second kappa shape index (κ2) is 5.07. The number of aryl methyl sites for hydroxylation is 1. The average Bonchev–Trinajstić information content (AvgIpc) is 2.94. The summed E-state index contributed by atoms with van der Waals surface area (Å²) in [5, 5.41) is 7.42. The average molecular weight is 287 g/mol. The molecular weight excluding hydrogens is 274 g/mol. The van der Waals surface area contributed by atoms with E-state index in [9.17, 15) is 8.42 Å². The van der Waals surface area contributed by atoms with Crippen LogP contribution in [0.3, 0.4) is 0 Å². The van der Waals surface area contributed by atoms with Crippen molar-refractivity contribution in [3.8, 4) is 11.5 Å². The van der Waals surface area contributed by atoms with Crippen LogP contribution >= 0.6 is 0 Å². The van der Waals surface area contributed by atoms with Gasteiger partial charge >= 0.3 is 0 Å². The molecule has 0 bridgehead atoms. The summed E-state index contributed by atoms with van der Waals surface area (Å²) in [4.78, 5) is 4.01. The number of hydrogen-bond donors (Lipinski definition) is 1. The third-order valence-corrected chi connectivity index (χ3v) is 3.68. The Morgan fingerprint density at radius 3 is 2.63 bits per heavy atom. The zero-order valence-electron chi connectivity index (χ0n) is 10.6. The van der Waals surface area contributed by atoms with Crippen LogP contribution in [-0.2, 0) is 16.8 Å². The number of aromatic nitrogens is 3. The van der Waals surface area contributed by atoms with Crippen LogP contribution in [0.4, 0.5) is 0 Å². The molecule has 0 fully saturated rings. The van der Waals surface area contributed by atoms with Crippen LogP contribution in [0.5, 0.6) is 0 Å². The molecule has 0 aromatic carbocycles. The quantitative estimate of drug-likeness (QED) is 0.818. The maximum absolute atomic E-state index is 11.5. The Morgan fingerprint density at radius 2 is 2.05 bits per heavy atom. The van der Waals surface area contributed by atoms with E-state index >= 15 is 0 Å². The van der Waals surface area contributed by atoms with E-state index in [1.165, 1.54) is 14.1 Å². The van der Waals surface area contributed by atoms with Gasteiger partial charge in [-0.05, 0) is 6.92 Å². The van der Waals surface area contributed by atoms with Crippen molar-refractivity contribution in [3.63, 3.8) is 0 Å². The largest absolute Gasteiger partial charge is 0.361 e. The molecular formula is C9H13N5O4S. The van der Waals surface area contributed by atoms with E-state index in [1.807, 2.05) is 0 Å². The monoisotopic (exact) mass is 287 g/mol. The molecule has 2 heterocycles. The first kappa shape index (κ1) is 13.6. The van der Waals surface area contributed by atoms with Crippen molar-refractivity contribution in [2.75, 3.05) is 14.1 Å². The topological polar surface area (TPSA) is 114 Å². The highest BCUT2D eigenvalue weighted by atomic mass is 32.2. The van der Waals surface area contributed by atoms with E-state index in [0.29, 0.717) is 11.5 Å². The van der Waals surface area contributed by atoms with Gasteiger partial charge in [-0.1, -0.05) is 10.3 Å². The minimum atomic E-state index is -3.53. The zero-order valence-corrected chi connectivity index (χ0v) is 11.4. The molecule has 0 amide bonds. The molecule has 0 atom stereocenters. The summed E-state index contributed by atoms with van der Waals surface area (Å²) in [6.45, 7) is 1.65. The molecule has 9 nitrogen and oxygen atoms in total. The molecule has 0 aliphatic rings. The van der Waals surface area contributed by atoms with Gasteiger partial charge in [0, 0.05) is 20.2 Å². The maximum Gasteiger partial charge on any atom is 0.279 e. The van der Waals surface area contributed by atoms with Gasteiger partial charge in [0.1, 0.15) is 5.76 Å². The summed E-state index contributed by atoms with van der Waals surface area (Å²) in [5.41, 5.74) is 0.433.